The molecule has 1 aliphatic rings. The molecule has 24 heavy (non-hydrogen) atoms. The largest absolute Gasteiger partial charge is 0.282 e. The van der Waals surface area contributed by atoms with E-state index < -0.39 is 0 Å². The lowest BCUT2D eigenvalue weighted by atomic mass is 9.97. The lowest BCUT2D eigenvalue weighted by molar-refractivity contribution is 0.700. The minimum absolute atomic E-state index is 0.845. The van der Waals surface area contributed by atoms with Crippen LogP contribution in [0.2, 0.25) is 0 Å². The highest BCUT2D eigenvalue weighted by Crippen LogP contribution is 2.38. The number of hydrogen-bond donors (Lipinski definition) is 0. The van der Waals surface area contributed by atoms with Crippen LogP contribution < -0.4 is 0 Å². The lowest BCUT2D eigenvalue weighted by Crippen LogP contribution is -2.05. The van der Waals surface area contributed by atoms with E-state index in [0.717, 1.165) is 40.3 Å². The van der Waals surface area contributed by atoms with Gasteiger partial charge >= 0.3 is 0 Å². The third-order valence-electron chi connectivity index (χ3n) is 4.84. The van der Waals surface area contributed by atoms with E-state index in [2.05, 4.69) is 28.6 Å². The number of fused-ring (bicyclic) bond motifs is 4. The Morgan fingerprint density at radius 2 is 2.00 bits per heavy atom. The summed E-state index contributed by atoms with van der Waals surface area (Å²) in [6.45, 7) is 2.12. The molecule has 0 N–H and O–H groups in total. The fourth-order valence-corrected chi connectivity index (χ4v) is 4.92. The van der Waals surface area contributed by atoms with Crippen molar-refractivity contribution in [3.05, 3.63) is 46.9 Å². The molecule has 5 rings (SSSR count). The van der Waals surface area contributed by atoms with E-state index in [4.69, 9.17) is 9.97 Å². The minimum Gasteiger partial charge on any atom is -0.282 e. The second-order valence-corrected chi connectivity index (χ2v) is 7.39. The molecule has 0 aliphatic heterocycles. The van der Waals surface area contributed by atoms with Crippen LogP contribution in [0.1, 0.15) is 36.0 Å². The van der Waals surface area contributed by atoms with Gasteiger partial charge in [-0.1, -0.05) is 19.1 Å². The minimum atomic E-state index is 0.845. The second kappa shape index (κ2) is 5.38. The normalized spacial score (nSPS) is 14.4. The van der Waals surface area contributed by atoms with Crippen molar-refractivity contribution in [2.75, 3.05) is 0 Å². The van der Waals surface area contributed by atoms with E-state index in [1.165, 1.54) is 35.1 Å². The average Bonchev–Trinajstić information content (AvgIpc) is 3.22. The Hall–Kier alpha value is -2.27. The molecule has 0 spiro atoms. The number of aryl methyl sites for hydroxylation is 3. The Morgan fingerprint density at radius 1 is 1.12 bits per heavy atom. The zero-order valence-corrected chi connectivity index (χ0v) is 14.4. The number of hydrogen-bond acceptors (Lipinski definition) is 4. The molecule has 1 aliphatic carbocycles. The molecule has 0 bridgehead atoms. The fourth-order valence-electron chi connectivity index (χ4n) is 3.64. The van der Waals surface area contributed by atoms with Gasteiger partial charge in [0.05, 0.1) is 16.4 Å². The molecular formula is C19H18N4S. The van der Waals surface area contributed by atoms with Crippen molar-refractivity contribution in [3.63, 3.8) is 0 Å². The standard InChI is InChI=1S/C19H18N4S/c1-2-16-21-18(23-11-20-13-8-4-5-9-14(13)23)17-12-7-3-6-10-15(12)24-19(17)22-16/h4-5,8-9,11H,2-3,6-7,10H2,1H3. The summed E-state index contributed by atoms with van der Waals surface area (Å²) in [5, 5.41) is 1.25. The zero-order chi connectivity index (χ0) is 16.1. The number of rotatable bonds is 2. The maximum Gasteiger partial charge on any atom is 0.151 e. The van der Waals surface area contributed by atoms with Crippen LogP contribution in [-0.4, -0.2) is 19.5 Å². The molecule has 3 aromatic heterocycles. The third-order valence-corrected chi connectivity index (χ3v) is 6.03. The summed E-state index contributed by atoms with van der Waals surface area (Å²) in [6, 6.07) is 8.25. The van der Waals surface area contributed by atoms with E-state index in [1.807, 2.05) is 29.8 Å². The van der Waals surface area contributed by atoms with Crippen molar-refractivity contribution in [3.8, 4) is 5.82 Å². The Morgan fingerprint density at radius 3 is 2.92 bits per heavy atom. The van der Waals surface area contributed by atoms with Crippen molar-refractivity contribution in [2.45, 2.75) is 39.0 Å². The summed E-state index contributed by atoms with van der Waals surface area (Å²) in [5.74, 6) is 1.92. The highest BCUT2D eigenvalue weighted by atomic mass is 32.1. The van der Waals surface area contributed by atoms with Crippen molar-refractivity contribution in [1.29, 1.82) is 0 Å². The Bertz CT molecular complexity index is 1060. The maximum atomic E-state index is 4.91. The molecule has 0 fully saturated rings. The van der Waals surface area contributed by atoms with Crippen molar-refractivity contribution >= 4 is 32.6 Å². The van der Waals surface area contributed by atoms with E-state index in [-0.39, 0.29) is 0 Å². The first-order valence-electron chi connectivity index (χ1n) is 8.59. The first kappa shape index (κ1) is 14.1. The smallest absolute Gasteiger partial charge is 0.151 e. The number of nitrogens with zero attached hydrogens (tertiary/aromatic N) is 4. The van der Waals surface area contributed by atoms with Crippen molar-refractivity contribution in [1.82, 2.24) is 19.5 Å². The lowest BCUT2D eigenvalue weighted by Gasteiger charge is -2.13. The van der Waals surface area contributed by atoms with Crippen LogP contribution in [0.5, 0.6) is 0 Å². The SMILES string of the molecule is CCc1nc(-n2cnc3ccccc32)c2c3c(sc2n1)CCCC3. The van der Waals surface area contributed by atoms with Gasteiger partial charge in [0, 0.05) is 11.3 Å². The van der Waals surface area contributed by atoms with Crippen LogP contribution in [0.25, 0.3) is 27.1 Å². The fraction of sp³-hybridized carbons (Fsp3) is 0.316. The molecule has 0 amide bonds. The predicted molar refractivity (Wildman–Crippen MR) is 98.1 cm³/mol. The quantitative estimate of drug-likeness (QED) is 0.543. The van der Waals surface area contributed by atoms with Crippen LogP contribution in [0.3, 0.4) is 0 Å². The van der Waals surface area contributed by atoms with E-state index in [9.17, 15) is 0 Å². The average molecular weight is 334 g/mol. The van der Waals surface area contributed by atoms with Gasteiger partial charge in [0.1, 0.15) is 17.0 Å². The summed E-state index contributed by atoms with van der Waals surface area (Å²) < 4.78 is 2.14. The topological polar surface area (TPSA) is 43.6 Å². The number of benzene rings is 1. The Kier molecular flexibility index (Phi) is 3.16. The van der Waals surface area contributed by atoms with Crippen LogP contribution in [-0.2, 0) is 19.3 Å². The van der Waals surface area contributed by atoms with E-state index in [0.29, 0.717) is 0 Å². The van der Waals surface area contributed by atoms with Gasteiger partial charge in [-0.15, -0.1) is 11.3 Å². The zero-order valence-electron chi connectivity index (χ0n) is 13.6. The first-order chi connectivity index (χ1) is 11.8. The van der Waals surface area contributed by atoms with Gasteiger partial charge in [-0.05, 0) is 43.4 Å². The molecule has 0 unspecified atom stereocenters. The number of para-hydroxylation sites is 2. The molecule has 0 radical (unpaired) electrons. The van der Waals surface area contributed by atoms with Gasteiger partial charge in [-0.25, -0.2) is 15.0 Å². The monoisotopic (exact) mass is 334 g/mol. The Balaban J connectivity index is 1.88. The molecule has 4 nitrogen and oxygen atoms in total. The molecule has 5 heteroatoms. The molecule has 0 saturated heterocycles. The molecule has 1 aromatic carbocycles. The van der Waals surface area contributed by atoms with Crippen LogP contribution >= 0.6 is 11.3 Å². The third kappa shape index (κ3) is 2.01. The summed E-state index contributed by atoms with van der Waals surface area (Å²) in [4.78, 5) is 16.9. The van der Waals surface area contributed by atoms with Gasteiger partial charge in [-0.2, -0.15) is 0 Å². The van der Waals surface area contributed by atoms with Crippen molar-refractivity contribution < 1.29 is 0 Å². The summed E-state index contributed by atoms with van der Waals surface area (Å²) in [5.41, 5.74) is 3.58. The second-order valence-electron chi connectivity index (χ2n) is 6.31. The number of thiophene rings is 1. The maximum absolute atomic E-state index is 4.91. The van der Waals surface area contributed by atoms with E-state index >= 15 is 0 Å². The van der Waals surface area contributed by atoms with Crippen LogP contribution in [0.4, 0.5) is 0 Å². The van der Waals surface area contributed by atoms with Crippen LogP contribution in [0.15, 0.2) is 30.6 Å². The molecule has 120 valence electrons. The summed E-state index contributed by atoms with van der Waals surface area (Å²) >= 11 is 1.86. The summed E-state index contributed by atoms with van der Waals surface area (Å²) in [7, 11) is 0. The highest BCUT2D eigenvalue weighted by molar-refractivity contribution is 7.18. The number of imidazole rings is 1. The molecule has 4 aromatic rings. The Labute approximate surface area is 144 Å². The van der Waals surface area contributed by atoms with Gasteiger partial charge in [-0.3, -0.25) is 4.57 Å². The summed E-state index contributed by atoms with van der Waals surface area (Å²) in [6.07, 6.45) is 7.62. The van der Waals surface area contributed by atoms with Crippen molar-refractivity contribution in [2.24, 2.45) is 0 Å². The first-order valence-corrected chi connectivity index (χ1v) is 9.40. The highest BCUT2D eigenvalue weighted by Gasteiger charge is 2.22. The predicted octanol–water partition coefficient (Wildman–Crippen LogP) is 4.47. The molecule has 3 heterocycles. The van der Waals surface area contributed by atoms with Gasteiger partial charge in [0.25, 0.3) is 0 Å². The molecule has 0 atom stereocenters. The molecular weight excluding hydrogens is 316 g/mol. The van der Waals surface area contributed by atoms with Crippen LogP contribution in [0, 0.1) is 0 Å². The van der Waals surface area contributed by atoms with Gasteiger partial charge < -0.3 is 0 Å². The van der Waals surface area contributed by atoms with E-state index in [1.54, 1.807) is 0 Å². The number of aromatic nitrogens is 4. The molecule has 0 saturated carbocycles. The van der Waals surface area contributed by atoms with Gasteiger partial charge in [0.15, 0.2) is 5.82 Å². The van der Waals surface area contributed by atoms with Gasteiger partial charge in [0.2, 0.25) is 0 Å².